The molecular formula is C23H15ClN2O5S. The Morgan fingerprint density at radius 2 is 1.75 bits per heavy atom. The van der Waals surface area contributed by atoms with Crippen LogP contribution in [0, 0.1) is 10.1 Å². The number of rotatable bonds is 6. The molecule has 3 aromatic carbocycles. The molecule has 4 rings (SSSR count). The summed E-state index contributed by atoms with van der Waals surface area (Å²) in [6.07, 6.45) is 1.64. The molecule has 2 amide bonds. The highest BCUT2D eigenvalue weighted by molar-refractivity contribution is 8.19. The first-order valence-corrected chi connectivity index (χ1v) is 10.6. The van der Waals surface area contributed by atoms with E-state index in [1.54, 1.807) is 66.7 Å². The number of anilines is 1. The molecule has 3 aromatic rings. The van der Waals surface area contributed by atoms with E-state index in [1.807, 2.05) is 0 Å². The number of hydrogen-bond donors (Lipinski definition) is 0. The number of benzene rings is 3. The first-order valence-electron chi connectivity index (χ1n) is 9.40. The van der Waals surface area contributed by atoms with Crippen LogP contribution in [0.5, 0.6) is 5.75 Å². The number of ether oxygens (including phenoxy) is 1. The van der Waals surface area contributed by atoms with Gasteiger partial charge in [0.1, 0.15) is 12.4 Å². The number of nitro benzene ring substituents is 1. The molecule has 0 atom stereocenters. The maximum atomic E-state index is 12.8. The lowest BCUT2D eigenvalue weighted by atomic mass is 10.2. The molecule has 1 saturated heterocycles. The van der Waals surface area contributed by atoms with Crippen molar-refractivity contribution in [1.82, 2.24) is 0 Å². The van der Waals surface area contributed by atoms with Gasteiger partial charge in [-0.25, -0.2) is 4.90 Å². The largest absolute Gasteiger partial charge is 0.489 e. The van der Waals surface area contributed by atoms with Gasteiger partial charge in [-0.3, -0.25) is 19.7 Å². The van der Waals surface area contributed by atoms with Crippen molar-refractivity contribution in [2.75, 3.05) is 4.90 Å². The van der Waals surface area contributed by atoms with Gasteiger partial charge in [0.05, 0.1) is 15.5 Å². The van der Waals surface area contributed by atoms with Crippen LogP contribution in [0.3, 0.4) is 0 Å². The second kappa shape index (κ2) is 9.25. The van der Waals surface area contributed by atoms with E-state index < -0.39 is 10.8 Å². The lowest BCUT2D eigenvalue weighted by Crippen LogP contribution is -2.27. The summed E-state index contributed by atoms with van der Waals surface area (Å²) in [5.74, 6) is 0.161. The molecule has 1 heterocycles. The Labute approximate surface area is 192 Å². The third-order valence-corrected chi connectivity index (χ3v) is 5.71. The number of carbonyl (C=O) groups excluding carboxylic acids is 2. The SMILES string of the molecule is O=C1S/C(=C\c2cccc(OCc3ccc([N+](=O)[O-])cc3)c2)C(=O)N1c1ccc(Cl)cc1. The van der Waals surface area contributed by atoms with Gasteiger partial charge in [0.15, 0.2) is 0 Å². The van der Waals surface area contributed by atoms with Crippen molar-refractivity contribution < 1.29 is 19.2 Å². The van der Waals surface area contributed by atoms with Crippen LogP contribution in [0.15, 0.2) is 77.7 Å². The van der Waals surface area contributed by atoms with E-state index in [2.05, 4.69) is 0 Å². The zero-order valence-electron chi connectivity index (χ0n) is 16.4. The molecule has 9 heteroatoms. The van der Waals surface area contributed by atoms with Crippen molar-refractivity contribution in [2.45, 2.75) is 6.61 Å². The zero-order chi connectivity index (χ0) is 22.7. The molecule has 1 aliphatic rings. The Hall–Kier alpha value is -3.62. The predicted octanol–water partition coefficient (Wildman–Crippen LogP) is 6.07. The number of nitro groups is 1. The molecule has 0 saturated carbocycles. The Kier molecular flexibility index (Phi) is 6.25. The lowest BCUT2D eigenvalue weighted by molar-refractivity contribution is -0.384. The second-order valence-corrected chi connectivity index (χ2v) is 8.21. The minimum atomic E-state index is -0.456. The first kappa shape index (κ1) is 21.6. The lowest BCUT2D eigenvalue weighted by Gasteiger charge is -2.12. The average Bonchev–Trinajstić information content (AvgIpc) is 3.06. The Bertz CT molecular complexity index is 1230. The maximum Gasteiger partial charge on any atom is 0.298 e. The first-order chi connectivity index (χ1) is 15.4. The summed E-state index contributed by atoms with van der Waals surface area (Å²) in [7, 11) is 0. The Morgan fingerprint density at radius 1 is 1.03 bits per heavy atom. The normalized spacial score (nSPS) is 14.8. The van der Waals surface area contributed by atoms with E-state index in [0.29, 0.717) is 26.9 Å². The maximum absolute atomic E-state index is 12.8. The number of thioether (sulfide) groups is 1. The minimum Gasteiger partial charge on any atom is -0.489 e. The molecule has 0 N–H and O–H groups in total. The Morgan fingerprint density at radius 3 is 2.44 bits per heavy atom. The van der Waals surface area contributed by atoms with Gasteiger partial charge in [0, 0.05) is 17.2 Å². The van der Waals surface area contributed by atoms with Crippen molar-refractivity contribution in [3.8, 4) is 5.75 Å². The molecule has 0 aromatic heterocycles. The topological polar surface area (TPSA) is 89.7 Å². The number of carbonyl (C=O) groups is 2. The highest BCUT2D eigenvalue weighted by Gasteiger charge is 2.36. The van der Waals surface area contributed by atoms with Gasteiger partial charge in [-0.05, 0) is 77.5 Å². The third kappa shape index (κ3) is 4.82. The van der Waals surface area contributed by atoms with Crippen LogP contribution >= 0.6 is 23.4 Å². The fourth-order valence-corrected chi connectivity index (χ4v) is 3.97. The van der Waals surface area contributed by atoms with Crippen LogP contribution in [0.25, 0.3) is 6.08 Å². The van der Waals surface area contributed by atoms with Gasteiger partial charge >= 0.3 is 0 Å². The third-order valence-electron chi connectivity index (χ3n) is 4.59. The van der Waals surface area contributed by atoms with Crippen LogP contribution in [-0.4, -0.2) is 16.1 Å². The van der Waals surface area contributed by atoms with Gasteiger partial charge in [-0.1, -0.05) is 23.7 Å². The number of amides is 2. The fraction of sp³-hybridized carbons (Fsp3) is 0.0435. The van der Waals surface area contributed by atoms with Crippen LogP contribution in [0.2, 0.25) is 5.02 Å². The van der Waals surface area contributed by atoms with E-state index in [-0.39, 0.29) is 17.5 Å². The van der Waals surface area contributed by atoms with Crippen LogP contribution in [0.4, 0.5) is 16.2 Å². The molecular weight excluding hydrogens is 452 g/mol. The summed E-state index contributed by atoms with van der Waals surface area (Å²) < 4.78 is 5.77. The monoisotopic (exact) mass is 466 g/mol. The minimum absolute atomic E-state index is 0.0169. The van der Waals surface area contributed by atoms with E-state index in [4.69, 9.17) is 16.3 Å². The number of halogens is 1. The average molecular weight is 467 g/mol. The summed E-state index contributed by atoms with van der Waals surface area (Å²) in [5, 5.41) is 10.9. The number of nitrogens with zero attached hydrogens (tertiary/aromatic N) is 2. The van der Waals surface area contributed by atoms with E-state index in [1.165, 1.54) is 12.1 Å². The second-order valence-electron chi connectivity index (χ2n) is 6.78. The van der Waals surface area contributed by atoms with Gasteiger partial charge < -0.3 is 4.74 Å². The molecule has 1 fully saturated rings. The molecule has 1 aliphatic heterocycles. The van der Waals surface area contributed by atoms with Crippen molar-refractivity contribution in [1.29, 1.82) is 0 Å². The van der Waals surface area contributed by atoms with Gasteiger partial charge in [0.2, 0.25) is 0 Å². The van der Waals surface area contributed by atoms with Gasteiger partial charge in [-0.15, -0.1) is 0 Å². The summed E-state index contributed by atoms with van der Waals surface area (Å²) >= 11 is 6.75. The molecule has 160 valence electrons. The predicted molar refractivity (Wildman–Crippen MR) is 124 cm³/mol. The Balaban J connectivity index is 1.47. The van der Waals surface area contributed by atoms with Crippen LogP contribution < -0.4 is 9.64 Å². The van der Waals surface area contributed by atoms with E-state index in [9.17, 15) is 19.7 Å². The molecule has 0 aliphatic carbocycles. The highest BCUT2D eigenvalue weighted by atomic mass is 35.5. The number of hydrogen-bond acceptors (Lipinski definition) is 6. The van der Waals surface area contributed by atoms with Gasteiger partial charge in [0.25, 0.3) is 16.8 Å². The quantitative estimate of drug-likeness (QED) is 0.249. The molecule has 0 unspecified atom stereocenters. The summed E-state index contributed by atoms with van der Waals surface area (Å²) in [4.78, 5) is 36.9. The summed E-state index contributed by atoms with van der Waals surface area (Å²) in [5.41, 5.74) is 1.96. The molecule has 0 radical (unpaired) electrons. The molecule has 32 heavy (non-hydrogen) atoms. The summed E-state index contributed by atoms with van der Waals surface area (Å²) in [6, 6.07) is 19.7. The van der Waals surface area contributed by atoms with Crippen molar-refractivity contribution >= 4 is 52.0 Å². The fourth-order valence-electron chi connectivity index (χ4n) is 3.01. The molecule has 7 nitrogen and oxygen atoms in total. The van der Waals surface area contributed by atoms with E-state index >= 15 is 0 Å². The zero-order valence-corrected chi connectivity index (χ0v) is 18.0. The highest BCUT2D eigenvalue weighted by Crippen LogP contribution is 2.36. The number of non-ortho nitro benzene ring substituents is 1. The van der Waals surface area contributed by atoms with E-state index in [0.717, 1.165) is 22.2 Å². The summed E-state index contributed by atoms with van der Waals surface area (Å²) in [6.45, 7) is 0.231. The van der Waals surface area contributed by atoms with Crippen molar-refractivity contribution in [3.05, 3.63) is 104 Å². The van der Waals surface area contributed by atoms with Crippen molar-refractivity contribution in [2.24, 2.45) is 0 Å². The van der Waals surface area contributed by atoms with Crippen molar-refractivity contribution in [3.63, 3.8) is 0 Å². The van der Waals surface area contributed by atoms with Crippen LogP contribution in [0.1, 0.15) is 11.1 Å². The smallest absolute Gasteiger partial charge is 0.298 e. The number of imide groups is 1. The van der Waals surface area contributed by atoms with Gasteiger partial charge in [-0.2, -0.15) is 0 Å². The molecule has 0 bridgehead atoms. The standard InChI is InChI=1S/C23H15ClN2O5S/c24-17-6-10-18(11-7-17)25-22(27)21(32-23(25)28)13-16-2-1-3-20(12-16)31-14-15-4-8-19(9-5-15)26(29)30/h1-13H,14H2/b21-13-. The van der Waals surface area contributed by atoms with Crippen LogP contribution in [-0.2, 0) is 11.4 Å². The molecule has 0 spiro atoms.